The highest BCUT2D eigenvalue weighted by atomic mass is 16.5. The molecule has 4 aromatic heterocycles. The first-order valence-electron chi connectivity index (χ1n) is 9.05. The number of nitrogens with one attached hydrogen (secondary N) is 1. The lowest BCUT2D eigenvalue weighted by Crippen LogP contribution is -2.17. The van der Waals surface area contributed by atoms with Gasteiger partial charge in [-0.1, -0.05) is 11.2 Å². The maximum Gasteiger partial charge on any atom is 0.256 e. The van der Waals surface area contributed by atoms with E-state index in [0.29, 0.717) is 34.4 Å². The molecule has 0 atom stereocenters. The summed E-state index contributed by atoms with van der Waals surface area (Å²) in [6.45, 7) is -0.527. The Kier molecular flexibility index (Phi) is 5.63. The summed E-state index contributed by atoms with van der Waals surface area (Å²) >= 11 is 0. The Morgan fingerprint density at radius 1 is 1.07 bits per heavy atom. The van der Waals surface area contributed by atoms with E-state index in [9.17, 15) is 10.2 Å². The smallest absolute Gasteiger partial charge is 0.256 e. The number of methoxy groups -OCH3 is 1. The zero-order valence-corrected chi connectivity index (χ0v) is 16.0. The second kappa shape index (κ2) is 8.68. The third-order valence-electron chi connectivity index (χ3n) is 4.30. The highest BCUT2D eigenvalue weighted by Gasteiger charge is 2.17. The van der Waals surface area contributed by atoms with Crippen molar-refractivity contribution in [1.29, 1.82) is 0 Å². The van der Waals surface area contributed by atoms with E-state index in [1.165, 1.54) is 18.1 Å². The van der Waals surface area contributed by atoms with E-state index in [-0.39, 0.29) is 19.1 Å². The maximum atomic E-state index is 9.37. The normalized spacial score (nSPS) is 11.1. The molecule has 0 aromatic carbocycles. The van der Waals surface area contributed by atoms with E-state index in [4.69, 9.17) is 9.26 Å². The second-order valence-electron chi connectivity index (χ2n) is 6.23. The maximum absolute atomic E-state index is 9.37. The molecule has 0 unspecified atom stereocenters. The number of aliphatic hydroxyl groups excluding tert-OH is 2. The number of aliphatic hydroxyl groups is 2. The Balaban J connectivity index is 1.61. The molecule has 4 aromatic rings. The van der Waals surface area contributed by atoms with Crippen LogP contribution in [0.1, 0.15) is 6.04 Å². The Bertz CT molecular complexity index is 1110. The van der Waals surface area contributed by atoms with E-state index in [1.54, 1.807) is 24.5 Å². The van der Waals surface area contributed by atoms with E-state index < -0.39 is 6.04 Å². The van der Waals surface area contributed by atoms with E-state index >= 15 is 0 Å². The van der Waals surface area contributed by atoms with Gasteiger partial charge in [0, 0.05) is 12.3 Å². The SMILES string of the molecule is COc1nn(C(CO)CO)cc1Nc1nccc(-c2cccc(-c3ccon3)n2)n1. The minimum absolute atomic E-state index is 0.264. The standard InChI is InChI=1S/C19H19N7O4/c1-29-18-17(9-26(24-18)12(10-27)11-28)23-19-20-7-5-15(22-19)13-3-2-4-14(21-13)16-6-8-30-25-16/h2-9,12,27-28H,10-11H2,1H3,(H,20,22,23). The molecule has 11 nitrogen and oxygen atoms in total. The van der Waals surface area contributed by atoms with Gasteiger partial charge in [-0.3, -0.25) is 4.68 Å². The fraction of sp³-hybridized carbons (Fsp3) is 0.211. The van der Waals surface area contributed by atoms with Crippen molar-refractivity contribution in [2.75, 3.05) is 25.6 Å². The van der Waals surface area contributed by atoms with Crippen LogP contribution in [0, 0.1) is 0 Å². The first kappa shape index (κ1) is 19.5. The minimum atomic E-state index is -0.579. The van der Waals surface area contributed by atoms with Gasteiger partial charge in [-0.15, -0.1) is 5.10 Å². The van der Waals surface area contributed by atoms with Crippen LogP contribution in [-0.4, -0.2) is 60.4 Å². The van der Waals surface area contributed by atoms with E-state index in [2.05, 4.69) is 30.5 Å². The minimum Gasteiger partial charge on any atom is -0.478 e. The molecule has 0 spiro atoms. The van der Waals surface area contributed by atoms with Gasteiger partial charge in [0.1, 0.15) is 17.6 Å². The van der Waals surface area contributed by atoms with Crippen LogP contribution in [0.15, 0.2) is 53.5 Å². The summed E-state index contributed by atoms with van der Waals surface area (Å²) in [5.41, 5.74) is 3.03. The molecule has 4 rings (SSSR count). The van der Waals surface area contributed by atoms with Gasteiger partial charge in [0.25, 0.3) is 5.88 Å². The molecule has 0 amide bonds. The van der Waals surface area contributed by atoms with Crippen LogP contribution in [-0.2, 0) is 0 Å². The van der Waals surface area contributed by atoms with Crippen LogP contribution in [0.5, 0.6) is 5.88 Å². The highest BCUT2D eigenvalue weighted by molar-refractivity contribution is 5.64. The molecule has 11 heteroatoms. The molecular formula is C19H19N7O4. The third-order valence-corrected chi connectivity index (χ3v) is 4.30. The van der Waals surface area contributed by atoms with Gasteiger partial charge in [-0.2, -0.15) is 0 Å². The number of aromatic nitrogens is 6. The fourth-order valence-corrected chi connectivity index (χ4v) is 2.77. The van der Waals surface area contributed by atoms with Crippen LogP contribution in [0.25, 0.3) is 22.8 Å². The third kappa shape index (κ3) is 3.97. The molecule has 30 heavy (non-hydrogen) atoms. The van der Waals surface area contributed by atoms with Crippen LogP contribution in [0.4, 0.5) is 11.6 Å². The van der Waals surface area contributed by atoms with Crippen molar-refractivity contribution in [1.82, 2.24) is 29.9 Å². The summed E-state index contributed by atoms with van der Waals surface area (Å²) < 4.78 is 11.6. The Morgan fingerprint density at radius 2 is 1.83 bits per heavy atom. The summed E-state index contributed by atoms with van der Waals surface area (Å²) in [5.74, 6) is 0.589. The molecule has 0 aliphatic rings. The van der Waals surface area contributed by atoms with Crippen molar-refractivity contribution in [3.63, 3.8) is 0 Å². The molecule has 0 aliphatic heterocycles. The van der Waals surface area contributed by atoms with Crippen LogP contribution in [0.2, 0.25) is 0 Å². The van der Waals surface area contributed by atoms with E-state index in [0.717, 1.165) is 0 Å². The molecule has 0 saturated heterocycles. The molecule has 0 fully saturated rings. The predicted molar refractivity (Wildman–Crippen MR) is 106 cm³/mol. The lowest BCUT2D eigenvalue weighted by molar-refractivity contribution is 0.145. The number of rotatable bonds is 8. The number of hydrogen-bond donors (Lipinski definition) is 3. The molecule has 3 N–H and O–H groups in total. The van der Waals surface area contributed by atoms with Crippen molar-refractivity contribution in [3.8, 4) is 28.7 Å². The number of pyridine rings is 1. The van der Waals surface area contributed by atoms with Gasteiger partial charge in [0.15, 0.2) is 0 Å². The quantitative estimate of drug-likeness (QED) is 0.393. The van der Waals surface area contributed by atoms with Crippen molar-refractivity contribution in [3.05, 3.63) is 49.0 Å². The summed E-state index contributed by atoms with van der Waals surface area (Å²) in [6, 6.07) is 8.42. The molecule has 4 heterocycles. The zero-order chi connectivity index (χ0) is 20.9. The number of ether oxygens (including phenoxy) is 1. The fourth-order valence-electron chi connectivity index (χ4n) is 2.77. The summed E-state index contributed by atoms with van der Waals surface area (Å²) in [7, 11) is 1.47. The van der Waals surface area contributed by atoms with Gasteiger partial charge in [0.05, 0.1) is 49.6 Å². The topological polar surface area (TPSA) is 144 Å². The molecule has 154 valence electrons. The number of anilines is 2. The zero-order valence-electron chi connectivity index (χ0n) is 16.0. The van der Waals surface area contributed by atoms with Crippen molar-refractivity contribution in [2.24, 2.45) is 0 Å². The molecule has 0 aliphatic carbocycles. The lowest BCUT2D eigenvalue weighted by atomic mass is 10.2. The van der Waals surface area contributed by atoms with Crippen LogP contribution >= 0.6 is 0 Å². The lowest BCUT2D eigenvalue weighted by Gasteiger charge is -2.10. The Morgan fingerprint density at radius 3 is 2.53 bits per heavy atom. The highest BCUT2D eigenvalue weighted by Crippen LogP contribution is 2.27. The number of nitrogens with zero attached hydrogens (tertiary/aromatic N) is 6. The molecule has 0 bridgehead atoms. The van der Waals surface area contributed by atoms with Crippen molar-refractivity contribution < 1.29 is 19.5 Å². The molecular weight excluding hydrogens is 390 g/mol. The average Bonchev–Trinajstić information content (AvgIpc) is 3.45. The first-order chi connectivity index (χ1) is 14.7. The average molecular weight is 409 g/mol. The monoisotopic (exact) mass is 409 g/mol. The second-order valence-corrected chi connectivity index (χ2v) is 6.23. The van der Waals surface area contributed by atoms with Crippen LogP contribution < -0.4 is 10.1 Å². The van der Waals surface area contributed by atoms with Gasteiger partial charge < -0.3 is 24.8 Å². The Labute approximate surface area is 171 Å². The summed E-state index contributed by atoms with van der Waals surface area (Å²) in [6.07, 6.45) is 4.70. The summed E-state index contributed by atoms with van der Waals surface area (Å²) in [4.78, 5) is 13.3. The van der Waals surface area contributed by atoms with Crippen LogP contribution in [0.3, 0.4) is 0 Å². The van der Waals surface area contributed by atoms with Gasteiger partial charge >= 0.3 is 0 Å². The molecule has 0 saturated carbocycles. The Hall–Kier alpha value is -3.83. The van der Waals surface area contributed by atoms with Crippen molar-refractivity contribution >= 4 is 11.6 Å². The van der Waals surface area contributed by atoms with E-state index in [1.807, 2.05) is 18.2 Å². The summed E-state index contributed by atoms with van der Waals surface area (Å²) in [5, 5.41) is 29.9. The first-order valence-corrected chi connectivity index (χ1v) is 9.05. The van der Waals surface area contributed by atoms with Crippen molar-refractivity contribution in [2.45, 2.75) is 6.04 Å². The van der Waals surface area contributed by atoms with Gasteiger partial charge in [0.2, 0.25) is 5.95 Å². The molecule has 0 radical (unpaired) electrons. The largest absolute Gasteiger partial charge is 0.478 e. The van der Waals surface area contributed by atoms with Gasteiger partial charge in [-0.05, 0) is 18.2 Å². The number of hydrogen-bond acceptors (Lipinski definition) is 10. The predicted octanol–water partition coefficient (Wildman–Crippen LogP) is 1.67. The van der Waals surface area contributed by atoms with Gasteiger partial charge in [-0.25, -0.2) is 15.0 Å².